The molecule has 0 aliphatic carbocycles. The third-order valence-corrected chi connectivity index (χ3v) is 4.46. The summed E-state index contributed by atoms with van der Waals surface area (Å²) in [6.45, 7) is 4.76. The second-order valence-electron chi connectivity index (χ2n) is 6.12. The molecule has 3 rings (SSSR count). The van der Waals surface area contributed by atoms with Crippen LogP contribution in [0.25, 0.3) is 10.9 Å². The Labute approximate surface area is 153 Å². The highest BCUT2D eigenvalue weighted by Gasteiger charge is 2.14. The Hall–Kier alpha value is -2.81. The van der Waals surface area contributed by atoms with Crippen molar-refractivity contribution < 1.29 is 9.53 Å². The van der Waals surface area contributed by atoms with Crippen molar-refractivity contribution >= 4 is 33.3 Å². The van der Waals surface area contributed by atoms with Gasteiger partial charge in [0.15, 0.2) is 17.6 Å². The van der Waals surface area contributed by atoms with Crippen LogP contribution in [0.4, 0.5) is 5.13 Å². The van der Waals surface area contributed by atoms with E-state index in [0.29, 0.717) is 22.0 Å². The van der Waals surface area contributed by atoms with Crippen LogP contribution >= 0.6 is 11.3 Å². The first-order valence-electron chi connectivity index (χ1n) is 8.23. The van der Waals surface area contributed by atoms with Gasteiger partial charge in [0.25, 0.3) is 5.56 Å². The van der Waals surface area contributed by atoms with Crippen LogP contribution in [0, 0.1) is 5.92 Å². The number of ether oxygens (including phenoxy) is 1. The summed E-state index contributed by atoms with van der Waals surface area (Å²) in [7, 11) is 0. The summed E-state index contributed by atoms with van der Waals surface area (Å²) in [4.78, 5) is 28.6. The summed E-state index contributed by atoms with van der Waals surface area (Å²) < 4.78 is 6.15. The van der Waals surface area contributed by atoms with Crippen molar-refractivity contribution in [3.8, 4) is 0 Å². The first-order chi connectivity index (χ1) is 12.5. The molecule has 0 aliphatic rings. The van der Waals surface area contributed by atoms with E-state index >= 15 is 0 Å². The number of hydrogen-bond donors (Lipinski definition) is 1. The Kier molecular flexibility index (Phi) is 5.57. The van der Waals surface area contributed by atoms with Gasteiger partial charge in [-0.2, -0.15) is 4.68 Å². The first kappa shape index (κ1) is 18.0. The summed E-state index contributed by atoms with van der Waals surface area (Å²) in [6.07, 6.45) is 1.02. The van der Waals surface area contributed by atoms with Gasteiger partial charge in [0.1, 0.15) is 5.52 Å². The van der Waals surface area contributed by atoms with E-state index in [-0.39, 0.29) is 18.0 Å². The van der Waals surface area contributed by atoms with Gasteiger partial charge in [0.05, 0.1) is 5.39 Å². The Morgan fingerprint density at radius 2 is 2.15 bits per heavy atom. The molecule has 8 nitrogen and oxygen atoms in total. The normalized spacial score (nSPS) is 11.0. The maximum Gasteiger partial charge on any atom is 0.359 e. The van der Waals surface area contributed by atoms with E-state index in [4.69, 9.17) is 4.74 Å². The van der Waals surface area contributed by atoms with E-state index in [0.717, 1.165) is 17.6 Å². The molecule has 0 saturated carbocycles. The van der Waals surface area contributed by atoms with Crippen LogP contribution in [0.15, 0.2) is 34.4 Å². The lowest BCUT2D eigenvalue weighted by Gasteiger charge is -2.06. The number of hydrogen-bond acceptors (Lipinski definition) is 8. The number of nitrogens with one attached hydrogen (secondary N) is 1. The Morgan fingerprint density at radius 3 is 2.96 bits per heavy atom. The Balaban J connectivity index is 1.62. The molecule has 0 aliphatic heterocycles. The predicted octanol–water partition coefficient (Wildman–Crippen LogP) is 2.52. The Bertz CT molecular complexity index is 966. The van der Waals surface area contributed by atoms with Crippen molar-refractivity contribution in [2.24, 2.45) is 5.92 Å². The van der Waals surface area contributed by atoms with Crippen LogP contribution in [0.1, 0.15) is 30.8 Å². The first-order valence-corrected chi connectivity index (χ1v) is 9.11. The lowest BCUT2D eigenvalue weighted by Crippen LogP contribution is -2.26. The maximum atomic E-state index is 12.3. The van der Waals surface area contributed by atoms with Crippen molar-refractivity contribution in [1.29, 1.82) is 0 Å². The van der Waals surface area contributed by atoms with Crippen LogP contribution in [-0.4, -0.2) is 32.5 Å². The molecule has 0 amide bonds. The summed E-state index contributed by atoms with van der Waals surface area (Å²) >= 11 is 1.34. The molecule has 1 aromatic carbocycles. The minimum Gasteiger partial charge on any atom is -0.437 e. The lowest BCUT2D eigenvalue weighted by atomic mass is 10.1. The van der Waals surface area contributed by atoms with Gasteiger partial charge in [-0.25, -0.2) is 9.78 Å². The number of nitrogens with zero attached hydrogens (tertiary/aromatic N) is 4. The highest BCUT2D eigenvalue weighted by atomic mass is 32.1. The molecule has 1 N–H and O–H groups in total. The van der Waals surface area contributed by atoms with Gasteiger partial charge < -0.3 is 10.1 Å². The summed E-state index contributed by atoms with van der Waals surface area (Å²) in [5.41, 5.74) is 0.332. The molecule has 136 valence electrons. The highest BCUT2D eigenvalue weighted by molar-refractivity contribution is 7.13. The van der Waals surface area contributed by atoms with Crippen LogP contribution in [0.2, 0.25) is 0 Å². The number of carbonyl (C=O) groups excluding carboxylic acids is 1. The minimum absolute atomic E-state index is 0.198. The third kappa shape index (κ3) is 4.23. The molecule has 0 atom stereocenters. The molecule has 0 unspecified atom stereocenters. The molecule has 26 heavy (non-hydrogen) atoms. The molecule has 2 aromatic heterocycles. The van der Waals surface area contributed by atoms with Crippen LogP contribution < -0.4 is 10.9 Å². The summed E-state index contributed by atoms with van der Waals surface area (Å²) in [5.74, 6) is -0.0201. The molecule has 9 heteroatoms. The SMILES string of the molecule is CC(C)CCNc1nc(C(=O)OCn2nnc3ccccc3c2=O)cs1. The quantitative estimate of drug-likeness (QED) is 0.635. The van der Waals surface area contributed by atoms with Crippen molar-refractivity contribution in [3.05, 3.63) is 45.7 Å². The average Bonchev–Trinajstić information content (AvgIpc) is 3.10. The van der Waals surface area contributed by atoms with Crippen molar-refractivity contribution in [1.82, 2.24) is 20.0 Å². The Morgan fingerprint density at radius 1 is 1.35 bits per heavy atom. The van der Waals surface area contributed by atoms with Crippen LogP contribution in [-0.2, 0) is 11.5 Å². The fourth-order valence-electron chi connectivity index (χ4n) is 2.22. The fourth-order valence-corrected chi connectivity index (χ4v) is 2.93. The second-order valence-corrected chi connectivity index (χ2v) is 6.98. The minimum atomic E-state index is -0.611. The number of carbonyl (C=O) groups is 1. The number of benzene rings is 1. The van der Waals surface area contributed by atoms with Gasteiger partial charge >= 0.3 is 5.97 Å². The van der Waals surface area contributed by atoms with Crippen molar-refractivity contribution in [2.75, 3.05) is 11.9 Å². The number of anilines is 1. The van der Waals surface area contributed by atoms with E-state index in [2.05, 4.69) is 34.5 Å². The molecule has 0 fully saturated rings. The van der Waals surface area contributed by atoms with Gasteiger partial charge in [-0.15, -0.1) is 16.4 Å². The van der Waals surface area contributed by atoms with Gasteiger partial charge in [-0.1, -0.05) is 31.2 Å². The zero-order valence-corrected chi connectivity index (χ0v) is 15.3. The number of thiazole rings is 1. The molecule has 0 saturated heterocycles. The smallest absolute Gasteiger partial charge is 0.359 e. The fraction of sp³-hybridized carbons (Fsp3) is 0.353. The molecular formula is C17H19N5O3S. The molecule has 0 spiro atoms. The standard InChI is InChI=1S/C17H19N5O3S/c1-11(2)7-8-18-17-19-14(9-26-17)16(24)25-10-22-15(23)12-5-3-4-6-13(12)20-21-22/h3-6,9,11H,7-8,10H2,1-2H3,(H,18,19). The van der Waals surface area contributed by atoms with Gasteiger partial charge in [-0.05, 0) is 24.5 Å². The number of esters is 1. The van der Waals surface area contributed by atoms with Gasteiger partial charge in [0, 0.05) is 11.9 Å². The zero-order valence-electron chi connectivity index (χ0n) is 14.5. The molecule has 0 radical (unpaired) electrons. The number of fused-ring (bicyclic) bond motifs is 1. The number of aromatic nitrogens is 4. The lowest BCUT2D eigenvalue weighted by molar-refractivity contribution is 0.0330. The van der Waals surface area contributed by atoms with Crippen molar-refractivity contribution in [2.45, 2.75) is 27.0 Å². The van der Waals surface area contributed by atoms with Gasteiger partial charge in [-0.3, -0.25) is 4.79 Å². The van der Waals surface area contributed by atoms with Crippen molar-refractivity contribution in [3.63, 3.8) is 0 Å². The third-order valence-electron chi connectivity index (χ3n) is 3.66. The van der Waals surface area contributed by atoms with Gasteiger partial charge in [0.2, 0.25) is 0 Å². The molecular weight excluding hydrogens is 354 g/mol. The monoisotopic (exact) mass is 373 g/mol. The van der Waals surface area contributed by atoms with E-state index in [1.54, 1.807) is 29.6 Å². The summed E-state index contributed by atoms with van der Waals surface area (Å²) in [5, 5.41) is 13.6. The summed E-state index contributed by atoms with van der Waals surface area (Å²) in [6, 6.07) is 6.87. The average molecular weight is 373 g/mol. The maximum absolute atomic E-state index is 12.3. The molecule has 2 heterocycles. The topological polar surface area (TPSA) is 99.0 Å². The van der Waals surface area contributed by atoms with E-state index in [1.807, 2.05) is 0 Å². The highest BCUT2D eigenvalue weighted by Crippen LogP contribution is 2.16. The second kappa shape index (κ2) is 8.05. The number of rotatable bonds is 7. The van der Waals surface area contributed by atoms with E-state index < -0.39 is 5.97 Å². The van der Waals surface area contributed by atoms with Crippen LogP contribution in [0.5, 0.6) is 0 Å². The van der Waals surface area contributed by atoms with E-state index in [1.165, 1.54) is 11.3 Å². The van der Waals surface area contributed by atoms with E-state index in [9.17, 15) is 9.59 Å². The molecule has 3 aromatic rings. The molecule has 0 bridgehead atoms. The van der Waals surface area contributed by atoms with Crippen LogP contribution in [0.3, 0.4) is 0 Å². The zero-order chi connectivity index (χ0) is 18.5. The largest absolute Gasteiger partial charge is 0.437 e. The predicted molar refractivity (Wildman–Crippen MR) is 99.3 cm³/mol.